The molecule has 0 saturated heterocycles. The minimum atomic E-state index is -0.902. The number of fused-ring (bicyclic) bond motifs is 1. The van der Waals surface area contributed by atoms with Crippen LogP contribution in [-0.4, -0.2) is 55.2 Å². The molecule has 0 fully saturated rings. The fourth-order valence-corrected chi connectivity index (χ4v) is 3.21. The number of pyridine rings is 1. The summed E-state index contributed by atoms with van der Waals surface area (Å²) in [6, 6.07) is 3.63. The molecule has 0 bridgehead atoms. The Labute approximate surface area is 194 Å². The number of anilines is 1. The van der Waals surface area contributed by atoms with Crippen LogP contribution in [0.4, 0.5) is 14.7 Å². The van der Waals surface area contributed by atoms with Crippen molar-refractivity contribution >= 4 is 29.4 Å². The number of halogens is 3. The monoisotopic (exact) mass is 486 g/mol. The summed E-state index contributed by atoms with van der Waals surface area (Å²) in [5.74, 6) is -1.96. The first-order chi connectivity index (χ1) is 15.3. The summed E-state index contributed by atoms with van der Waals surface area (Å²) < 4.78 is 33.6. The average molecular weight is 487 g/mol. The number of aliphatic hydroxyl groups is 3. The van der Waals surface area contributed by atoms with Gasteiger partial charge in [0.2, 0.25) is 5.95 Å². The Balaban J connectivity index is 0.00000385. The first kappa shape index (κ1) is 26.4. The van der Waals surface area contributed by atoms with E-state index in [1.807, 2.05) is 0 Å². The third-order valence-corrected chi connectivity index (χ3v) is 4.59. The Hall–Kier alpha value is -2.86. The fraction of sp³-hybridized carbons (Fsp3) is 0.381. The van der Waals surface area contributed by atoms with Crippen molar-refractivity contribution in [3.05, 3.63) is 52.5 Å². The predicted molar refractivity (Wildman–Crippen MR) is 120 cm³/mol. The summed E-state index contributed by atoms with van der Waals surface area (Å²) in [5, 5.41) is 31.6. The van der Waals surface area contributed by atoms with E-state index in [0.717, 1.165) is 12.1 Å². The van der Waals surface area contributed by atoms with Gasteiger partial charge in [-0.15, -0.1) is 12.4 Å². The molecule has 3 rings (SSSR count). The molecular formula is C21H25ClF2N4O5. The van der Waals surface area contributed by atoms with E-state index in [0.29, 0.717) is 24.3 Å². The third kappa shape index (κ3) is 6.81. The normalized spacial score (nSPS) is 12.0. The molecule has 0 unspecified atom stereocenters. The highest BCUT2D eigenvalue weighted by Gasteiger charge is 2.17. The van der Waals surface area contributed by atoms with Crippen molar-refractivity contribution in [2.24, 2.45) is 0 Å². The number of nitrogens with one attached hydrogen (secondary N) is 1. The molecule has 2 aromatic heterocycles. The molecule has 0 aliphatic rings. The zero-order valence-electron chi connectivity index (χ0n) is 17.7. The molecule has 1 atom stereocenters. The second kappa shape index (κ2) is 11.8. The van der Waals surface area contributed by atoms with Crippen molar-refractivity contribution in [1.82, 2.24) is 14.5 Å². The van der Waals surface area contributed by atoms with E-state index >= 15 is 0 Å². The van der Waals surface area contributed by atoms with Gasteiger partial charge in [0.05, 0.1) is 12.6 Å². The standard InChI is InChI=1S/C21H24F2N4O5.ClH/c1-12(30)11-27-19-13(10-24-21(26-19)25-16(2-4-28)3-5-29)6-18(20(27)31)32-17-8-14(22)7-15(23)9-17;/h6-10,12,16,28-30H,2-5,11H2,1H3,(H,24,25,26);1H/t12-;/m0./s1. The van der Waals surface area contributed by atoms with Crippen LogP contribution >= 0.6 is 12.4 Å². The molecular weight excluding hydrogens is 462 g/mol. The van der Waals surface area contributed by atoms with Gasteiger partial charge in [-0.05, 0) is 25.8 Å². The first-order valence-electron chi connectivity index (χ1n) is 10.0. The molecule has 33 heavy (non-hydrogen) atoms. The van der Waals surface area contributed by atoms with Crippen LogP contribution in [0.15, 0.2) is 35.3 Å². The topological polar surface area (TPSA) is 130 Å². The smallest absolute Gasteiger partial charge is 0.295 e. The van der Waals surface area contributed by atoms with E-state index in [4.69, 9.17) is 4.74 Å². The average Bonchev–Trinajstić information content (AvgIpc) is 2.71. The summed E-state index contributed by atoms with van der Waals surface area (Å²) in [7, 11) is 0. The minimum absolute atomic E-state index is 0. The predicted octanol–water partition coefficient (Wildman–Crippen LogP) is 2.21. The molecule has 0 amide bonds. The second-order valence-electron chi connectivity index (χ2n) is 7.32. The Morgan fingerprint density at radius 3 is 2.33 bits per heavy atom. The van der Waals surface area contributed by atoms with Gasteiger partial charge in [0, 0.05) is 49.0 Å². The van der Waals surface area contributed by atoms with Crippen LogP contribution in [0.25, 0.3) is 11.0 Å². The molecule has 0 aliphatic heterocycles. The zero-order valence-corrected chi connectivity index (χ0v) is 18.6. The quantitative estimate of drug-likeness (QED) is 0.343. The second-order valence-corrected chi connectivity index (χ2v) is 7.32. The number of aliphatic hydroxyl groups excluding tert-OH is 3. The van der Waals surface area contributed by atoms with Crippen LogP contribution in [0.1, 0.15) is 19.8 Å². The van der Waals surface area contributed by atoms with Crippen LogP contribution in [0.3, 0.4) is 0 Å². The number of ether oxygens (including phenoxy) is 1. The maximum absolute atomic E-state index is 13.5. The van der Waals surface area contributed by atoms with Gasteiger partial charge in [-0.1, -0.05) is 0 Å². The van der Waals surface area contributed by atoms with Gasteiger partial charge in [-0.3, -0.25) is 9.36 Å². The third-order valence-electron chi connectivity index (χ3n) is 4.59. The highest BCUT2D eigenvalue weighted by atomic mass is 35.5. The van der Waals surface area contributed by atoms with Gasteiger partial charge in [0.1, 0.15) is 23.0 Å². The van der Waals surface area contributed by atoms with Crippen LogP contribution < -0.4 is 15.6 Å². The molecule has 0 radical (unpaired) electrons. The van der Waals surface area contributed by atoms with Crippen molar-refractivity contribution < 1.29 is 28.8 Å². The lowest BCUT2D eigenvalue weighted by molar-refractivity contribution is 0.173. The van der Waals surface area contributed by atoms with Crippen LogP contribution in [0.2, 0.25) is 0 Å². The van der Waals surface area contributed by atoms with Crippen LogP contribution in [-0.2, 0) is 6.54 Å². The van der Waals surface area contributed by atoms with Gasteiger partial charge in [0.25, 0.3) is 5.56 Å². The number of nitrogens with zero attached hydrogens (tertiary/aromatic N) is 3. The molecule has 2 heterocycles. The van der Waals surface area contributed by atoms with E-state index < -0.39 is 23.3 Å². The first-order valence-corrected chi connectivity index (χ1v) is 10.0. The number of benzene rings is 1. The van der Waals surface area contributed by atoms with Gasteiger partial charge in [0.15, 0.2) is 5.75 Å². The molecule has 0 saturated carbocycles. The number of rotatable bonds is 10. The highest BCUT2D eigenvalue weighted by Crippen LogP contribution is 2.24. The van der Waals surface area contributed by atoms with Crippen molar-refractivity contribution in [3.8, 4) is 11.5 Å². The SMILES string of the molecule is C[C@H](O)Cn1c(=O)c(Oc2cc(F)cc(F)c2)cc2cnc(NC(CCO)CCO)nc21.Cl. The Kier molecular flexibility index (Phi) is 9.47. The Morgan fingerprint density at radius 1 is 1.12 bits per heavy atom. The largest absolute Gasteiger partial charge is 0.451 e. The van der Waals surface area contributed by atoms with E-state index in [-0.39, 0.29) is 61.3 Å². The lowest BCUT2D eigenvalue weighted by Crippen LogP contribution is -2.28. The van der Waals surface area contributed by atoms with E-state index in [1.54, 1.807) is 0 Å². The summed E-state index contributed by atoms with van der Waals surface area (Å²) in [6.45, 7) is 1.18. The Bertz CT molecular complexity index is 1120. The summed E-state index contributed by atoms with van der Waals surface area (Å²) in [6.07, 6.45) is 1.25. The molecule has 3 aromatic rings. The van der Waals surface area contributed by atoms with Crippen molar-refractivity contribution in [2.75, 3.05) is 18.5 Å². The molecule has 1 aromatic carbocycles. The lowest BCUT2D eigenvalue weighted by Gasteiger charge is -2.18. The van der Waals surface area contributed by atoms with E-state index in [2.05, 4.69) is 15.3 Å². The number of hydrogen-bond acceptors (Lipinski definition) is 8. The molecule has 180 valence electrons. The van der Waals surface area contributed by atoms with Crippen LogP contribution in [0, 0.1) is 11.6 Å². The Morgan fingerprint density at radius 2 is 1.76 bits per heavy atom. The molecule has 12 heteroatoms. The maximum Gasteiger partial charge on any atom is 0.295 e. The van der Waals surface area contributed by atoms with E-state index in [9.17, 15) is 28.9 Å². The minimum Gasteiger partial charge on any atom is -0.451 e. The van der Waals surface area contributed by atoms with Gasteiger partial charge in [-0.25, -0.2) is 13.8 Å². The fourth-order valence-electron chi connectivity index (χ4n) is 3.21. The van der Waals surface area contributed by atoms with Crippen molar-refractivity contribution in [1.29, 1.82) is 0 Å². The molecule has 0 aliphatic carbocycles. The lowest BCUT2D eigenvalue weighted by atomic mass is 10.1. The maximum atomic E-state index is 13.5. The summed E-state index contributed by atoms with van der Waals surface area (Å²) in [5.41, 5.74) is -0.451. The molecule has 0 spiro atoms. The van der Waals surface area contributed by atoms with Crippen molar-refractivity contribution in [3.63, 3.8) is 0 Å². The van der Waals surface area contributed by atoms with E-state index in [1.165, 1.54) is 23.8 Å². The summed E-state index contributed by atoms with van der Waals surface area (Å²) >= 11 is 0. The van der Waals surface area contributed by atoms with Gasteiger partial charge < -0.3 is 25.4 Å². The highest BCUT2D eigenvalue weighted by molar-refractivity contribution is 5.85. The number of hydrogen-bond donors (Lipinski definition) is 4. The summed E-state index contributed by atoms with van der Waals surface area (Å²) in [4.78, 5) is 21.6. The van der Waals surface area contributed by atoms with Crippen molar-refractivity contribution in [2.45, 2.75) is 38.5 Å². The van der Waals surface area contributed by atoms with Gasteiger partial charge >= 0.3 is 0 Å². The molecule has 9 nitrogen and oxygen atoms in total. The zero-order chi connectivity index (χ0) is 23.3. The van der Waals surface area contributed by atoms with Gasteiger partial charge in [-0.2, -0.15) is 4.98 Å². The number of aromatic nitrogens is 3. The molecule has 4 N–H and O–H groups in total. The van der Waals surface area contributed by atoms with Crippen LogP contribution in [0.5, 0.6) is 11.5 Å².